The van der Waals surface area contributed by atoms with E-state index in [-0.39, 0.29) is 0 Å². The number of unbranched alkanes of at least 4 members (excludes halogenated alkanes) is 3. The molecule has 0 aliphatic rings. The van der Waals surface area contributed by atoms with Crippen molar-refractivity contribution in [3.8, 4) is 0 Å². The first-order valence-corrected chi connectivity index (χ1v) is 5.52. The molecule has 0 unspecified atom stereocenters. The first kappa shape index (κ1) is 9.48. The summed E-state index contributed by atoms with van der Waals surface area (Å²) in [4.78, 5) is 0. The summed E-state index contributed by atoms with van der Waals surface area (Å²) in [6.07, 6.45) is 9.79. The molecular formula is C8H14In. The van der Waals surface area contributed by atoms with Gasteiger partial charge in [0.05, 0.1) is 0 Å². The average molecular weight is 225 g/mol. The quantitative estimate of drug-likeness (QED) is 0.628. The first-order chi connectivity index (χ1) is 4.41. The van der Waals surface area contributed by atoms with Crippen molar-refractivity contribution in [2.45, 2.75) is 32.6 Å². The summed E-state index contributed by atoms with van der Waals surface area (Å²) in [7, 11) is 0. The summed E-state index contributed by atoms with van der Waals surface area (Å²) in [6.45, 7) is 2.24. The van der Waals surface area contributed by atoms with Gasteiger partial charge in [-0.1, -0.05) is 0 Å². The molecule has 0 atom stereocenters. The SMILES string of the molecule is CCCCCC=C[CH]=[In]. The Morgan fingerprint density at radius 2 is 2.11 bits per heavy atom. The molecule has 0 rings (SSSR count). The van der Waals surface area contributed by atoms with Crippen molar-refractivity contribution in [1.82, 2.24) is 0 Å². The Kier molecular flexibility index (Phi) is 8.93. The zero-order chi connectivity index (χ0) is 6.95. The molecule has 0 heterocycles. The minimum absolute atomic E-state index is 1.25. The fourth-order valence-electron chi connectivity index (χ4n) is 0.687. The van der Waals surface area contributed by atoms with Gasteiger partial charge < -0.3 is 0 Å². The third kappa shape index (κ3) is 8.48. The summed E-state index contributed by atoms with van der Waals surface area (Å²) in [6, 6.07) is 0. The predicted molar refractivity (Wildman–Crippen MR) is 45.1 cm³/mol. The van der Waals surface area contributed by atoms with E-state index in [0.29, 0.717) is 0 Å². The van der Waals surface area contributed by atoms with E-state index < -0.39 is 0 Å². The Labute approximate surface area is 72.4 Å². The number of rotatable bonds is 5. The van der Waals surface area contributed by atoms with Crippen LogP contribution in [0.2, 0.25) is 0 Å². The minimum atomic E-state index is 1.25. The second kappa shape index (κ2) is 8.48. The topological polar surface area (TPSA) is 0 Å². The van der Waals surface area contributed by atoms with E-state index in [1.54, 1.807) is 0 Å². The van der Waals surface area contributed by atoms with Crippen LogP contribution in [0.3, 0.4) is 0 Å². The second-order valence-corrected chi connectivity index (χ2v) is 3.21. The van der Waals surface area contributed by atoms with E-state index in [0.717, 1.165) is 0 Å². The average Bonchev–Trinajstić information content (AvgIpc) is 1.89. The van der Waals surface area contributed by atoms with Gasteiger partial charge in [0.2, 0.25) is 0 Å². The molecule has 0 N–H and O–H groups in total. The van der Waals surface area contributed by atoms with Crippen molar-refractivity contribution in [1.29, 1.82) is 0 Å². The molecule has 0 spiro atoms. The molecular weight excluding hydrogens is 211 g/mol. The number of hydrogen-bond acceptors (Lipinski definition) is 0. The molecule has 0 saturated carbocycles. The molecule has 9 heavy (non-hydrogen) atoms. The van der Waals surface area contributed by atoms with Crippen LogP contribution in [0.5, 0.6) is 0 Å². The normalized spacial score (nSPS) is 10.2. The second-order valence-electron chi connectivity index (χ2n) is 2.12. The van der Waals surface area contributed by atoms with Gasteiger partial charge in [0.1, 0.15) is 0 Å². The Bertz CT molecular complexity index is 84.6. The van der Waals surface area contributed by atoms with E-state index in [1.807, 2.05) is 0 Å². The van der Waals surface area contributed by atoms with Gasteiger partial charge in [-0.3, -0.25) is 0 Å². The van der Waals surface area contributed by atoms with Crippen LogP contribution in [0.25, 0.3) is 0 Å². The van der Waals surface area contributed by atoms with Crippen LogP contribution in [-0.4, -0.2) is 27.7 Å². The van der Waals surface area contributed by atoms with E-state index in [2.05, 4.69) is 22.8 Å². The molecule has 1 heteroatoms. The molecule has 49 valence electrons. The van der Waals surface area contributed by atoms with Gasteiger partial charge in [-0.25, -0.2) is 0 Å². The maximum atomic E-state index is 2.26. The standard InChI is InChI=1S/C8H14.In/c1-3-5-7-8-6-4-2;/h1,3,5H,4,6-8H2,2H3;. The van der Waals surface area contributed by atoms with Gasteiger partial charge in [0, 0.05) is 0 Å². The Hall–Kier alpha value is 0.480. The van der Waals surface area contributed by atoms with Crippen molar-refractivity contribution in [3.05, 3.63) is 12.2 Å². The first-order valence-electron chi connectivity index (χ1n) is 3.62. The molecule has 0 aromatic heterocycles. The molecule has 1 radical (unpaired) electrons. The molecule has 0 aliphatic carbocycles. The molecule has 0 saturated heterocycles. The van der Waals surface area contributed by atoms with Crippen LogP contribution in [0, 0.1) is 0 Å². The van der Waals surface area contributed by atoms with Gasteiger partial charge >= 0.3 is 72.4 Å². The zero-order valence-corrected chi connectivity index (χ0v) is 9.43. The zero-order valence-electron chi connectivity index (χ0n) is 6.14. The van der Waals surface area contributed by atoms with Crippen molar-refractivity contribution < 1.29 is 0 Å². The Morgan fingerprint density at radius 3 is 2.67 bits per heavy atom. The van der Waals surface area contributed by atoms with Gasteiger partial charge in [-0.2, -0.15) is 0 Å². The van der Waals surface area contributed by atoms with Crippen LogP contribution >= 0.6 is 0 Å². The van der Waals surface area contributed by atoms with Crippen molar-refractivity contribution >= 4 is 27.7 Å². The fraction of sp³-hybridized carbons (Fsp3) is 0.625. The molecule has 0 nitrogen and oxygen atoms in total. The molecule has 0 aromatic carbocycles. The Morgan fingerprint density at radius 1 is 1.33 bits per heavy atom. The summed E-state index contributed by atoms with van der Waals surface area (Å²) in [5, 5.41) is 0. The van der Waals surface area contributed by atoms with Crippen LogP contribution < -0.4 is 0 Å². The van der Waals surface area contributed by atoms with E-state index in [9.17, 15) is 0 Å². The fourth-order valence-corrected chi connectivity index (χ4v) is 1.14. The molecule has 0 aliphatic heterocycles. The van der Waals surface area contributed by atoms with E-state index >= 15 is 0 Å². The van der Waals surface area contributed by atoms with E-state index in [4.69, 9.17) is 0 Å². The van der Waals surface area contributed by atoms with Crippen molar-refractivity contribution in [3.63, 3.8) is 0 Å². The van der Waals surface area contributed by atoms with Crippen molar-refractivity contribution in [2.75, 3.05) is 0 Å². The Balaban J connectivity index is 2.90. The number of hydrogen-bond donors (Lipinski definition) is 0. The summed E-state index contributed by atoms with van der Waals surface area (Å²) in [5.74, 6) is 0. The van der Waals surface area contributed by atoms with Gasteiger partial charge in [-0.15, -0.1) is 0 Å². The summed E-state index contributed by atoms with van der Waals surface area (Å²) in [5.41, 5.74) is 0. The van der Waals surface area contributed by atoms with Crippen LogP contribution in [0.1, 0.15) is 32.6 Å². The van der Waals surface area contributed by atoms with Gasteiger partial charge in [-0.05, 0) is 0 Å². The van der Waals surface area contributed by atoms with Gasteiger partial charge in [0.15, 0.2) is 0 Å². The monoisotopic (exact) mass is 225 g/mol. The van der Waals surface area contributed by atoms with Gasteiger partial charge in [0.25, 0.3) is 0 Å². The predicted octanol–water partition coefficient (Wildman–Crippen LogP) is 2.09. The van der Waals surface area contributed by atoms with E-state index in [1.165, 1.54) is 49.6 Å². The van der Waals surface area contributed by atoms with Crippen molar-refractivity contribution in [2.24, 2.45) is 0 Å². The molecule has 0 fully saturated rings. The third-order valence-electron chi connectivity index (χ3n) is 1.22. The van der Waals surface area contributed by atoms with Crippen LogP contribution in [-0.2, 0) is 0 Å². The van der Waals surface area contributed by atoms with Crippen LogP contribution in [0.15, 0.2) is 12.2 Å². The molecule has 0 bridgehead atoms. The summed E-state index contributed by atoms with van der Waals surface area (Å²) >= 11 is 1.25. The number of allylic oxidation sites excluding steroid dienone is 2. The maximum absolute atomic E-state index is 2.26. The molecule has 0 aromatic rings. The molecule has 0 amide bonds. The third-order valence-corrected chi connectivity index (χ3v) is 1.86. The summed E-state index contributed by atoms with van der Waals surface area (Å²) < 4.78 is 2.21. The van der Waals surface area contributed by atoms with Crippen LogP contribution in [0.4, 0.5) is 0 Å².